The van der Waals surface area contributed by atoms with Crippen LogP contribution in [0, 0.1) is 0 Å². The first-order chi connectivity index (χ1) is 9.80. The van der Waals surface area contributed by atoms with Crippen LogP contribution < -0.4 is 0 Å². The first-order valence-electron chi connectivity index (χ1n) is 6.22. The summed E-state index contributed by atoms with van der Waals surface area (Å²) in [5, 5.41) is 8.43. The number of carbonyl (C=O) groups is 1. The fourth-order valence-electron chi connectivity index (χ4n) is 2.08. The zero-order valence-corrected chi connectivity index (χ0v) is 11.6. The SMILES string of the molecule is O=C(O)c1ccc(C(F)(F)F)c(N=CN2CCCC2)c1Cl. The smallest absolute Gasteiger partial charge is 0.418 e. The molecule has 1 fully saturated rings. The Hall–Kier alpha value is -1.76. The van der Waals surface area contributed by atoms with Crippen molar-refractivity contribution in [2.75, 3.05) is 13.1 Å². The molecule has 0 bridgehead atoms. The molecule has 21 heavy (non-hydrogen) atoms. The van der Waals surface area contributed by atoms with Gasteiger partial charge in [0.25, 0.3) is 0 Å². The average molecular weight is 321 g/mol. The highest BCUT2D eigenvalue weighted by Gasteiger charge is 2.35. The fourth-order valence-corrected chi connectivity index (χ4v) is 2.38. The van der Waals surface area contributed by atoms with Crippen molar-refractivity contribution in [3.63, 3.8) is 0 Å². The topological polar surface area (TPSA) is 52.9 Å². The number of carboxylic acid groups (broad SMARTS) is 1. The molecule has 0 spiro atoms. The molecule has 1 aromatic rings. The van der Waals surface area contributed by atoms with Crippen molar-refractivity contribution in [3.8, 4) is 0 Å². The summed E-state index contributed by atoms with van der Waals surface area (Å²) >= 11 is 5.79. The molecule has 0 atom stereocenters. The van der Waals surface area contributed by atoms with Gasteiger partial charge in [-0.2, -0.15) is 13.2 Å². The summed E-state index contributed by atoms with van der Waals surface area (Å²) in [6.45, 7) is 1.42. The predicted octanol–water partition coefficient (Wildman–Crippen LogP) is 3.81. The maximum Gasteiger partial charge on any atom is 0.418 e. The minimum atomic E-state index is -4.65. The maximum absolute atomic E-state index is 13.0. The summed E-state index contributed by atoms with van der Waals surface area (Å²) in [7, 11) is 0. The van der Waals surface area contributed by atoms with Crippen LogP contribution in [0.5, 0.6) is 0 Å². The number of benzene rings is 1. The van der Waals surface area contributed by atoms with Crippen LogP contribution in [-0.2, 0) is 6.18 Å². The number of likely N-dealkylation sites (tertiary alicyclic amines) is 1. The summed E-state index contributed by atoms with van der Waals surface area (Å²) in [4.78, 5) is 16.5. The van der Waals surface area contributed by atoms with Gasteiger partial charge in [0.15, 0.2) is 0 Å². The lowest BCUT2D eigenvalue weighted by Crippen LogP contribution is -2.16. The Morgan fingerprint density at radius 2 is 1.95 bits per heavy atom. The van der Waals surface area contributed by atoms with Crippen molar-refractivity contribution in [3.05, 3.63) is 28.3 Å². The third-order valence-electron chi connectivity index (χ3n) is 3.14. The van der Waals surface area contributed by atoms with Gasteiger partial charge in [0.2, 0.25) is 0 Å². The number of aliphatic imine (C=N–C) groups is 1. The van der Waals surface area contributed by atoms with Crippen molar-refractivity contribution >= 4 is 29.6 Å². The molecule has 2 rings (SSSR count). The van der Waals surface area contributed by atoms with E-state index in [1.54, 1.807) is 4.90 Å². The lowest BCUT2D eigenvalue weighted by atomic mass is 10.1. The van der Waals surface area contributed by atoms with Gasteiger partial charge in [-0.05, 0) is 25.0 Å². The van der Waals surface area contributed by atoms with Gasteiger partial charge in [0.05, 0.1) is 28.2 Å². The van der Waals surface area contributed by atoms with Gasteiger partial charge in [-0.3, -0.25) is 0 Å². The maximum atomic E-state index is 13.0. The molecule has 1 aliphatic rings. The quantitative estimate of drug-likeness (QED) is 0.680. The molecule has 0 radical (unpaired) electrons. The summed E-state index contributed by atoms with van der Waals surface area (Å²) in [5.74, 6) is -1.40. The molecular formula is C13H12ClF3N2O2. The van der Waals surface area contributed by atoms with Crippen LogP contribution in [0.15, 0.2) is 17.1 Å². The highest BCUT2D eigenvalue weighted by atomic mass is 35.5. The molecule has 0 aromatic heterocycles. The molecule has 8 heteroatoms. The molecule has 0 aliphatic carbocycles. The van der Waals surface area contributed by atoms with Gasteiger partial charge >= 0.3 is 12.1 Å². The molecule has 0 amide bonds. The molecular weight excluding hydrogens is 309 g/mol. The Kier molecular flexibility index (Phi) is 4.41. The number of hydrogen-bond donors (Lipinski definition) is 1. The first-order valence-corrected chi connectivity index (χ1v) is 6.59. The van der Waals surface area contributed by atoms with E-state index >= 15 is 0 Å². The Bertz CT molecular complexity index is 582. The minimum absolute atomic E-state index is 0.404. The number of carboxylic acids is 1. The zero-order chi connectivity index (χ0) is 15.6. The number of rotatable bonds is 3. The molecule has 1 saturated heterocycles. The second-order valence-corrected chi connectivity index (χ2v) is 4.99. The monoisotopic (exact) mass is 320 g/mol. The van der Waals surface area contributed by atoms with Gasteiger partial charge in [0, 0.05) is 13.1 Å². The minimum Gasteiger partial charge on any atom is -0.478 e. The number of hydrogen-bond acceptors (Lipinski definition) is 2. The highest BCUT2D eigenvalue weighted by Crippen LogP contribution is 2.41. The van der Waals surface area contributed by atoms with Gasteiger partial charge in [0.1, 0.15) is 0 Å². The van der Waals surface area contributed by atoms with Crippen molar-refractivity contribution in [2.45, 2.75) is 19.0 Å². The zero-order valence-electron chi connectivity index (χ0n) is 10.8. The van der Waals surface area contributed by atoms with Gasteiger partial charge in [-0.25, -0.2) is 9.79 Å². The molecule has 1 N–H and O–H groups in total. The predicted molar refractivity (Wildman–Crippen MR) is 72.4 cm³/mol. The third kappa shape index (κ3) is 3.47. The van der Waals surface area contributed by atoms with E-state index in [2.05, 4.69) is 4.99 Å². The van der Waals surface area contributed by atoms with Gasteiger partial charge in [-0.1, -0.05) is 11.6 Å². The Labute approximate surface area is 123 Å². The fraction of sp³-hybridized carbons (Fsp3) is 0.385. The van der Waals surface area contributed by atoms with Crippen molar-refractivity contribution in [2.24, 2.45) is 4.99 Å². The van der Waals surface area contributed by atoms with Crippen LogP contribution in [0.3, 0.4) is 0 Å². The average Bonchev–Trinajstić information content (AvgIpc) is 2.88. The van der Waals surface area contributed by atoms with Gasteiger partial charge in [-0.15, -0.1) is 0 Å². The molecule has 0 saturated carbocycles. The molecule has 4 nitrogen and oxygen atoms in total. The van der Waals surface area contributed by atoms with Crippen molar-refractivity contribution in [1.29, 1.82) is 0 Å². The van der Waals surface area contributed by atoms with E-state index in [0.717, 1.165) is 18.9 Å². The molecule has 1 aromatic carbocycles. The lowest BCUT2D eigenvalue weighted by Gasteiger charge is -2.14. The third-order valence-corrected chi connectivity index (χ3v) is 3.53. The van der Waals surface area contributed by atoms with Gasteiger partial charge < -0.3 is 10.0 Å². The summed E-state index contributed by atoms with van der Waals surface area (Å²) in [5.41, 5.74) is -2.01. The van der Waals surface area contributed by atoms with E-state index in [1.165, 1.54) is 6.34 Å². The molecule has 1 heterocycles. The summed E-state index contributed by atoms with van der Waals surface area (Å²) in [6, 6.07) is 1.52. The van der Waals surface area contributed by atoms with Crippen molar-refractivity contribution in [1.82, 2.24) is 4.90 Å². The van der Waals surface area contributed by atoms with E-state index in [4.69, 9.17) is 16.7 Å². The van der Waals surface area contributed by atoms with Crippen LogP contribution in [-0.4, -0.2) is 35.4 Å². The molecule has 1 aliphatic heterocycles. The van der Waals surface area contributed by atoms with Crippen LogP contribution in [0.1, 0.15) is 28.8 Å². The van der Waals surface area contributed by atoms with Crippen molar-refractivity contribution < 1.29 is 23.1 Å². The van der Waals surface area contributed by atoms with E-state index in [0.29, 0.717) is 19.2 Å². The number of halogens is 4. The Morgan fingerprint density at radius 1 is 1.33 bits per heavy atom. The number of aromatic carboxylic acids is 1. The second kappa shape index (κ2) is 5.93. The molecule has 0 unspecified atom stereocenters. The van der Waals surface area contributed by atoms with Crippen LogP contribution in [0.4, 0.5) is 18.9 Å². The van der Waals surface area contributed by atoms with E-state index in [-0.39, 0.29) is 0 Å². The van der Waals surface area contributed by atoms with E-state index < -0.39 is 34.0 Å². The number of alkyl halides is 3. The Morgan fingerprint density at radius 3 is 2.48 bits per heavy atom. The molecule has 114 valence electrons. The van der Waals surface area contributed by atoms with E-state index in [9.17, 15) is 18.0 Å². The van der Waals surface area contributed by atoms with Crippen LogP contribution in [0.2, 0.25) is 5.02 Å². The normalized spacial score (nSPS) is 15.9. The largest absolute Gasteiger partial charge is 0.478 e. The standard InChI is InChI=1S/C13H12ClF3N2O2/c14-10-8(12(20)21)3-4-9(13(15,16)17)11(10)18-7-19-5-1-2-6-19/h3-4,7H,1-2,5-6H2,(H,20,21). The number of nitrogens with zero attached hydrogens (tertiary/aromatic N) is 2. The van der Waals surface area contributed by atoms with Crippen LogP contribution in [0.25, 0.3) is 0 Å². The highest BCUT2D eigenvalue weighted by molar-refractivity contribution is 6.36. The Balaban J connectivity index is 2.47. The second-order valence-electron chi connectivity index (χ2n) is 4.61. The summed E-state index contributed by atoms with van der Waals surface area (Å²) < 4.78 is 38.9. The van der Waals surface area contributed by atoms with Crippen LogP contribution >= 0.6 is 11.6 Å². The van der Waals surface area contributed by atoms with E-state index in [1.807, 2.05) is 0 Å². The summed E-state index contributed by atoms with van der Waals surface area (Å²) in [6.07, 6.45) is -1.48. The lowest BCUT2D eigenvalue weighted by molar-refractivity contribution is -0.137. The first kappa shape index (κ1) is 15.6.